The van der Waals surface area contributed by atoms with Crippen LogP contribution in [-0.4, -0.2) is 9.91 Å². The first-order chi connectivity index (χ1) is 9.10. The number of hydrogen-bond donors (Lipinski definition) is 2. The van der Waals surface area contributed by atoms with E-state index in [0.29, 0.717) is 22.9 Å². The third-order valence-electron chi connectivity index (χ3n) is 2.48. The van der Waals surface area contributed by atoms with E-state index in [-0.39, 0.29) is 5.69 Å². The van der Waals surface area contributed by atoms with Crippen molar-refractivity contribution in [3.8, 4) is 11.5 Å². The van der Waals surface area contributed by atoms with Crippen LogP contribution in [0.1, 0.15) is 5.56 Å². The second-order valence-electron chi connectivity index (χ2n) is 3.83. The highest BCUT2D eigenvalue weighted by molar-refractivity contribution is 5.46. The molecule has 1 aromatic heterocycles. The van der Waals surface area contributed by atoms with E-state index >= 15 is 0 Å². The maximum absolute atomic E-state index is 10.7. The zero-order valence-corrected chi connectivity index (χ0v) is 10.2. The minimum absolute atomic E-state index is 0.0615. The first-order valence-electron chi connectivity index (χ1n) is 5.45. The van der Waals surface area contributed by atoms with Crippen molar-refractivity contribution in [2.45, 2.75) is 6.92 Å². The van der Waals surface area contributed by atoms with E-state index in [1.807, 2.05) is 0 Å². The molecule has 1 aromatic carbocycles. The number of hydrazine groups is 1. The minimum atomic E-state index is -0.429. The molecule has 0 amide bonds. The molecule has 0 spiro atoms. The second-order valence-corrected chi connectivity index (χ2v) is 3.83. The normalized spacial score (nSPS) is 10.0. The van der Waals surface area contributed by atoms with Crippen molar-refractivity contribution in [3.05, 3.63) is 52.2 Å². The van der Waals surface area contributed by atoms with E-state index in [2.05, 4.69) is 10.4 Å². The number of aromatic nitrogens is 1. The molecular weight excluding hydrogens is 248 g/mol. The number of aryl methyl sites for hydroxylation is 1. The van der Waals surface area contributed by atoms with Crippen molar-refractivity contribution in [1.29, 1.82) is 0 Å². The first kappa shape index (κ1) is 12.8. The van der Waals surface area contributed by atoms with Gasteiger partial charge in [0.2, 0.25) is 0 Å². The van der Waals surface area contributed by atoms with Gasteiger partial charge in [-0.05, 0) is 25.1 Å². The van der Waals surface area contributed by atoms with Gasteiger partial charge in [-0.3, -0.25) is 10.1 Å². The van der Waals surface area contributed by atoms with Gasteiger partial charge in [-0.1, -0.05) is 0 Å². The van der Waals surface area contributed by atoms with E-state index in [1.54, 1.807) is 37.4 Å². The Bertz CT molecular complexity index is 616. The quantitative estimate of drug-likeness (QED) is 0.497. The standard InChI is InChI=1S/C12H12N4O3/c1-8-6-9(2-3-11(8)16(17)18)19-10-4-5-14-12(7-10)15-13/h2-7H,13H2,1H3,(H,14,15). The molecule has 3 N–H and O–H groups in total. The Morgan fingerprint density at radius 3 is 2.68 bits per heavy atom. The average molecular weight is 260 g/mol. The van der Waals surface area contributed by atoms with Gasteiger partial charge < -0.3 is 10.2 Å². The monoisotopic (exact) mass is 260 g/mol. The fourth-order valence-electron chi connectivity index (χ4n) is 1.59. The Kier molecular flexibility index (Phi) is 3.58. The Balaban J connectivity index is 2.23. The molecule has 2 aromatic rings. The van der Waals surface area contributed by atoms with Crippen LogP contribution < -0.4 is 16.0 Å². The lowest BCUT2D eigenvalue weighted by molar-refractivity contribution is -0.385. The number of ether oxygens (including phenoxy) is 1. The molecule has 98 valence electrons. The molecule has 0 aliphatic heterocycles. The van der Waals surface area contributed by atoms with E-state index in [0.717, 1.165) is 0 Å². The molecule has 7 nitrogen and oxygen atoms in total. The molecule has 0 aliphatic rings. The Labute approximate surface area is 109 Å². The summed E-state index contributed by atoms with van der Waals surface area (Å²) in [6, 6.07) is 7.84. The fourth-order valence-corrected chi connectivity index (χ4v) is 1.59. The van der Waals surface area contributed by atoms with Gasteiger partial charge >= 0.3 is 0 Å². The van der Waals surface area contributed by atoms with Crippen LogP contribution in [0, 0.1) is 17.0 Å². The van der Waals surface area contributed by atoms with Gasteiger partial charge in [-0.25, -0.2) is 10.8 Å². The number of anilines is 1. The molecule has 0 saturated heterocycles. The van der Waals surface area contributed by atoms with Crippen molar-refractivity contribution in [2.75, 3.05) is 5.43 Å². The lowest BCUT2D eigenvalue weighted by Gasteiger charge is -2.07. The molecule has 0 bridgehead atoms. The second kappa shape index (κ2) is 5.32. The van der Waals surface area contributed by atoms with Crippen LogP contribution in [0.15, 0.2) is 36.5 Å². The van der Waals surface area contributed by atoms with Crippen LogP contribution >= 0.6 is 0 Å². The zero-order valence-electron chi connectivity index (χ0n) is 10.2. The topological polar surface area (TPSA) is 103 Å². The van der Waals surface area contributed by atoms with Crippen molar-refractivity contribution >= 4 is 11.5 Å². The molecule has 0 radical (unpaired) electrons. The molecule has 7 heteroatoms. The summed E-state index contributed by atoms with van der Waals surface area (Å²) in [6.45, 7) is 1.66. The number of pyridine rings is 1. The maximum Gasteiger partial charge on any atom is 0.272 e. The fraction of sp³-hybridized carbons (Fsp3) is 0.0833. The number of nitrogens with zero attached hydrogens (tertiary/aromatic N) is 2. The van der Waals surface area contributed by atoms with Crippen LogP contribution in [0.2, 0.25) is 0 Å². The summed E-state index contributed by atoms with van der Waals surface area (Å²) >= 11 is 0. The number of nitrogen functional groups attached to an aromatic ring is 1. The number of benzene rings is 1. The number of nitro groups is 1. The predicted octanol–water partition coefficient (Wildman–Crippen LogP) is 2.38. The summed E-state index contributed by atoms with van der Waals surface area (Å²) in [6.07, 6.45) is 1.54. The van der Waals surface area contributed by atoms with Crippen LogP contribution in [-0.2, 0) is 0 Å². The SMILES string of the molecule is Cc1cc(Oc2ccnc(NN)c2)ccc1[N+](=O)[O-]. The third kappa shape index (κ3) is 2.96. The molecule has 19 heavy (non-hydrogen) atoms. The largest absolute Gasteiger partial charge is 0.457 e. The molecule has 0 aliphatic carbocycles. The van der Waals surface area contributed by atoms with Crippen LogP contribution in [0.4, 0.5) is 11.5 Å². The zero-order chi connectivity index (χ0) is 13.8. The van der Waals surface area contributed by atoms with Crippen molar-refractivity contribution in [1.82, 2.24) is 4.98 Å². The summed E-state index contributed by atoms with van der Waals surface area (Å²) in [7, 11) is 0. The van der Waals surface area contributed by atoms with Gasteiger partial charge in [0, 0.05) is 23.9 Å². The molecule has 0 atom stereocenters. The van der Waals surface area contributed by atoms with Crippen LogP contribution in [0.3, 0.4) is 0 Å². The Hall–Kier alpha value is -2.67. The van der Waals surface area contributed by atoms with E-state index in [1.165, 1.54) is 6.07 Å². The highest BCUT2D eigenvalue weighted by atomic mass is 16.6. The van der Waals surface area contributed by atoms with Gasteiger partial charge in [0.15, 0.2) is 0 Å². The summed E-state index contributed by atoms with van der Waals surface area (Å²) in [5.41, 5.74) is 3.01. The van der Waals surface area contributed by atoms with E-state index < -0.39 is 4.92 Å². The molecule has 2 rings (SSSR count). The number of nitrogens with one attached hydrogen (secondary N) is 1. The van der Waals surface area contributed by atoms with Crippen LogP contribution in [0.5, 0.6) is 11.5 Å². The van der Waals surface area contributed by atoms with Gasteiger partial charge in [0.1, 0.15) is 17.3 Å². The van der Waals surface area contributed by atoms with E-state index in [9.17, 15) is 10.1 Å². The molecule has 1 heterocycles. The summed E-state index contributed by atoms with van der Waals surface area (Å²) < 4.78 is 5.58. The third-order valence-corrected chi connectivity index (χ3v) is 2.48. The molecule has 0 fully saturated rings. The number of nitro benzene ring substituents is 1. The smallest absolute Gasteiger partial charge is 0.272 e. The molecule has 0 unspecified atom stereocenters. The first-order valence-corrected chi connectivity index (χ1v) is 5.45. The lowest BCUT2D eigenvalue weighted by Crippen LogP contribution is -2.08. The number of nitrogens with two attached hydrogens (primary N) is 1. The van der Waals surface area contributed by atoms with Gasteiger partial charge in [-0.2, -0.15) is 0 Å². The van der Waals surface area contributed by atoms with Crippen molar-refractivity contribution in [2.24, 2.45) is 5.84 Å². The highest BCUT2D eigenvalue weighted by Gasteiger charge is 2.11. The van der Waals surface area contributed by atoms with Gasteiger partial charge in [-0.15, -0.1) is 0 Å². The lowest BCUT2D eigenvalue weighted by atomic mass is 10.2. The minimum Gasteiger partial charge on any atom is -0.457 e. The Morgan fingerprint density at radius 1 is 1.32 bits per heavy atom. The summed E-state index contributed by atoms with van der Waals surface area (Å²) in [5.74, 6) is 6.76. The molecule has 0 saturated carbocycles. The van der Waals surface area contributed by atoms with Crippen molar-refractivity contribution in [3.63, 3.8) is 0 Å². The summed E-state index contributed by atoms with van der Waals surface area (Å²) in [5, 5.41) is 10.7. The maximum atomic E-state index is 10.7. The van der Waals surface area contributed by atoms with Crippen molar-refractivity contribution < 1.29 is 9.66 Å². The average Bonchev–Trinajstić information content (AvgIpc) is 2.38. The van der Waals surface area contributed by atoms with Gasteiger partial charge in [0.05, 0.1) is 4.92 Å². The van der Waals surface area contributed by atoms with Gasteiger partial charge in [0.25, 0.3) is 5.69 Å². The Morgan fingerprint density at radius 2 is 2.05 bits per heavy atom. The number of rotatable bonds is 4. The predicted molar refractivity (Wildman–Crippen MR) is 70.0 cm³/mol. The summed E-state index contributed by atoms with van der Waals surface area (Å²) in [4.78, 5) is 14.2. The molecular formula is C12H12N4O3. The van der Waals surface area contributed by atoms with E-state index in [4.69, 9.17) is 10.6 Å². The highest BCUT2D eigenvalue weighted by Crippen LogP contribution is 2.27. The number of hydrogen-bond acceptors (Lipinski definition) is 6. The van der Waals surface area contributed by atoms with Crippen LogP contribution in [0.25, 0.3) is 0 Å².